The maximum Gasteiger partial charge on any atom is 0.344 e. The van der Waals surface area contributed by atoms with Gasteiger partial charge < -0.3 is 14.8 Å². The Hall–Kier alpha value is -2.41. The molecule has 7 heteroatoms. The van der Waals surface area contributed by atoms with Crippen LogP contribution >= 0.6 is 11.3 Å². The molecule has 0 saturated heterocycles. The van der Waals surface area contributed by atoms with Gasteiger partial charge in [-0.3, -0.25) is 4.79 Å². The molecule has 0 spiro atoms. The van der Waals surface area contributed by atoms with Crippen LogP contribution in [0.15, 0.2) is 35.2 Å². The lowest BCUT2D eigenvalue weighted by atomic mass is 10.3. The summed E-state index contributed by atoms with van der Waals surface area (Å²) < 4.78 is 10.1. The van der Waals surface area contributed by atoms with E-state index in [0.717, 1.165) is 0 Å². The van der Waals surface area contributed by atoms with E-state index in [1.807, 2.05) is 0 Å². The molecule has 1 aromatic carbocycles. The van der Waals surface area contributed by atoms with Crippen LogP contribution in [0.4, 0.5) is 5.69 Å². The minimum Gasteiger partial charge on any atom is -0.482 e. The topological polar surface area (TPSA) is 77.5 Å². The molecule has 6 nitrogen and oxygen atoms in total. The summed E-state index contributed by atoms with van der Waals surface area (Å²) >= 11 is 1.35. The maximum absolute atomic E-state index is 11.9. The standard InChI is InChI=1S/C14H14N2O4S/c1-2-19-13(17)7-20-11-5-3-4-10(6-11)16-14(18)12-8-21-9-15-12/h3-6,8-9H,2,7H2,1H3,(H,16,18). The van der Waals surface area contributed by atoms with Gasteiger partial charge in [-0.2, -0.15) is 0 Å². The van der Waals surface area contributed by atoms with E-state index in [1.54, 1.807) is 42.1 Å². The van der Waals surface area contributed by atoms with Crippen molar-refractivity contribution in [3.8, 4) is 5.75 Å². The van der Waals surface area contributed by atoms with E-state index in [9.17, 15) is 9.59 Å². The summed E-state index contributed by atoms with van der Waals surface area (Å²) in [5.74, 6) is -0.257. The third kappa shape index (κ3) is 4.57. The molecule has 0 aliphatic heterocycles. The molecule has 0 fully saturated rings. The number of benzene rings is 1. The quantitative estimate of drug-likeness (QED) is 0.829. The van der Waals surface area contributed by atoms with Crippen LogP contribution in [-0.2, 0) is 9.53 Å². The van der Waals surface area contributed by atoms with Gasteiger partial charge in [-0.25, -0.2) is 9.78 Å². The molecule has 0 saturated carbocycles. The predicted molar refractivity (Wildman–Crippen MR) is 78.6 cm³/mol. The minimum atomic E-state index is -0.436. The average Bonchev–Trinajstić information content (AvgIpc) is 3.00. The highest BCUT2D eigenvalue weighted by atomic mass is 32.1. The smallest absolute Gasteiger partial charge is 0.344 e. The summed E-state index contributed by atoms with van der Waals surface area (Å²) in [4.78, 5) is 27.0. The molecule has 0 aliphatic carbocycles. The molecular formula is C14H14N2O4S. The molecule has 0 radical (unpaired) electrons. The summed E-state index contributed by atoms with van der Waals surface area (Å²) in [6, 6.07) is 6.76. The number of anilines is 1. The Morgan fingerprint density at radius 3 is 2.95 bits per heavy atom. The SMILES string of the molecule is CCOC(=O)COc1cccc(NC(=O)c2cscn2)c1. The summed E-state index contributed by atoms with van der Waals surface area (Å²) in [7, 11) is 0. The first kappa shape index (κ1) is 15.0. The summed E-state index contributed by atoms with van der Waals surface area (Å²) in [6.07, 6.45) is 0. The van der Waals surface area contributed by atoms with E-state index in [-0.39, 0.29) is 12.5 Å². The van der Waals surface area contributed by atoms with E-state index in [2.05, 4.69) is 10.3 Å². The van der Waals surface area contributed by atoms with Crippen LogP contribution in [0, 0.1) is 0 Å². The van der Waals surface area contributed by atoms with Crippen molar-refractivity contribution >= 4 is 28.9 Å². The van der Waals surface area contributed by atoms with Crippen molar-refractivity contribution in [2.45, 2.75) is 6.92 Å². The molecule has 2 aromatic rings. The first-order valence-corrected chi connectivity index (χ1v) is 7.21. The van der Waals surface area contributed by atoms with E-state index in [4.69, 9.17) is 9.47 Å². The highest BCUT2D eigenvalue weighted by molar-refractivity contribution is 7.07. The molecule has 21 heavy (non-hydrogen) atoms. The van der Waals surface area contributed by atoms with Crippen LogP contribution in [0.5, 0.6) is 5.75 Å². The Labute approximate surface area is 125 Å². The van der Waals surface area contributed by atoms with Gasteiger partial charge in [0.05, 0.1) is 12.1 Å². The first-order valence-electron chi connectivity index (χ1n) is 6.27. The summed E-state index contributed by atoms with van der Waals surface area (Å²) in [5.41, 5.74) is 2.51. The highest BCUT2D eigenvalue weighted by Crippen LogP contribution is 2.18. The fourth-order valence-corrected chi connectivity index (χ4v) is 2.06. The van der Waals surface area contributed by atoms with Crippen molar-refractivity contribution in [2.24, 2.45) is 0 Å². The van der Waals surface area contributed by atoms with Crippen molar-refractivity contribution in [2.75, 3.05) is 18.5 Å². The minimum absolute atomic E-state index is 0.169. The summed E-state index contributed by atoms with van der Waals surface area (Å²) in [6.45, 7) is 1.87. The highest BCUT2D eigenvalue weighted by Gasteiger charge is 2.09. The molecule has 110 valence electrons. The third-order valence-corrected chi connectivity index (χ3v) is 3.01. The molecule has 0 atom stereocenters. The number of hydrogen-bond donors (Lipinski definition) is 1. The normalized spacial score (nSPS) is 9.95. The molecule has 2 rings (SSSR count). The van der Waals surface area contributed by atoms with Gasteiger partial charge in [-0.1, -0.05) is 6.07 Å². The zero-order valence-electron chi connectivity index (χ0n) is 11.4. The lowest BCUT2D eigenvalue weighted by molar-refractivity contribution is -0.145. The molecule has 1 amide bonds. The van der Waals surface area contributed by atoms with Crippen molar-refractivity contribution < 1.29 is 19.1 Å². The van der Waals surface area contributed by atoms with E-state index in [0.29, 0.717) is 23.7 Å². The molecule has 0 unspecified atom stereocenters. The molecule has 0 bridgehead atoms. The second-order valence-electron chi connectivity index (χ2n) is 3.95. The number of nitrogens with zero attached hydrogens (tertiary/aromatic N) is 1. The zero-order valence-corrected chi connectivity index (χ0v) is 12.2. The number of nitrogens with one attached hydrogen (secondary N) is 1. The Balaban J connectivity index is 1.94. The largest absolute Gasteiger partial charge is 0.482 e. The fraction of sp³-hybridized carbons (Fsp3) is 0.214. The van der Waals surface area contributed by atoms with E-state index >= 15 is 0 Å². The van der Waals surface area contributed by atoms with Gasteiger partial charge in [-0.15, -0.1) is 11.3 Å². The van der Waals surface area contributed by atoms with Crippen LogP contribution in [0.2, 0.25) is 0 Å². The molecule has 0 aliphatic rings. The summed E-state index contributed by atoms with van der Waals surface area (Å²) in [5, 5.41) is 4.37. The second-order valence-corrected chi connectivity index (χ2v) is 4.67. The van der Waals surface area contributed by atoms with Crippen molar-refractivity contribution in [1.29, 1.82) is 0 Å². The molecule has 1 N–H and O–H groups in total. The number of thiazole rings is 1. The predicted octanol–water partition coefficient (Wildman–Crippen LogP) is 2.34. The fourth-order valence-electron chi connectivity index (χ4n) is 1.53. The molecular weight excluding hydrogens is 292 g/mol. The Morgan fingerprint density at radius 2 is 2.24 bits per heavy atom. The third-order valence-electron chi connectivity index (χ3n) is 2.42. The van der Waals surface area contributed by atoms with Crippen molar-refractivity contribution in [3.05, 3.63) is 40.8 Å². The van der Waals surface area contributed by atoms with Crippen LogP contribution in [0.3, 0.4) is 0 Å². The van der Waals surface area contributed by atoms with Gasteiger partial charge in [0, 0.05) is 17.1 Å². The van der Waals surface area contributed by atoms with E-state index in [1.165, 1.54) is 11.3 Å². The zero-order chi connectivity index (χ0) is 15.1. The number of carbonyl (C=O) groups is 2. The molecule has 1 heterocycles. The van der Waals surface area contributed by atoms with Crippen LogP contribution < -0.4 is 10.1 Å². The Kier molecular flexibility index (Phi) is 5.28. The van der Waals surface area contributed by atoms with Crippen molar-refractivity contribution in [1.82, 2.24) is 4.98 Å². The van der Waals surface area contributed by atoms with Gasteiger partial charge >= 0.3 is 5.97 Å². The van der Waals surface area contributed by atoms with E-state index < -0.39 is 5.97 Å². The Bertz CT molecular complexity index is 613. The van der Waals surface area contributed by atoms with Gasteiger partial charge in [-0.05, 0) is 19.1 Å². The number of aromatic nitrogens is 1. The average molecular weight is 306 g/mol. The lowest BCUT2D eigenvalue weighted by Crippen LogP contribution is -2.15. The number of hydrogen-bond acceptors (Lipinski definition) is 6. The lowest BCUT2D eigenvalue weighted by Gasteiger charge is -2.08. The van der Waals surface area contributed by atoms with Crippen molar-refractivity contribution in [3.63, 3.8) is 0 Å². The number of ether oxygens (including phenoxy) is 2. The maximum atomic E-state index is 11.9. The number of rotatable bonds is 6. The molecule has 1 aromatic heterocycles. The first-order chi connectivity index (χ1) is 10.2. The second kappa shape index (κ2) is 7.39. The van der Waals surface area contributed by atoms with Gasteiger partial charge in [0.15, 0.2) is 6.61 Å². The van der Waals surface area contributed by atoms with Gasteiger partial charge in [0.25, 0.3) is 5.91 Å². The monoisotopic (exact) mass is 306 g/mol. The number of amides is 1. The van der Waals surface area contributed by atoms with Gasteiger partial charge in [0.2, 0.25) is 0 Å². The number of carbonyl (C=O) groups excluding carboxylic acids is 2. The van der Waals surface area contributed by atoms with Crippen LogP contribution in [0.1, 0.15) is 17.4 Å². The van der Waals surface area contributed by atoms with Gasteiger partial charge in [0.1, 0.15) is 11.4 Å². The number of esters is 1. The Morgan fingerprint density at radius 1 is 1.38 bits per heavy atom. The van der Waals surface area contributed by atoms with Crippen LogP contribution in [0.25, 0.3) is 0 Å². The van der Waals surface area contributed by atoms with Crippen LogP contribution in [-0.4, -0.2) is 30.1 Å².